The maximum absolute atomic E-state index is 6.02. The lowest BCUT2D eigenvalue weighted by molar-refractivity contribution is 0.390. The van der Waals surface area contributed by atoms with Gasteiger partial charge in [0.25, 0.3) is 0 Å². The van der Waals surface area contributed by atoms with E-state index in [1.165, 1.54) is 0 Å². The van der Waals surface area contributed by atoms with Crippen molar-refractivity contribution in [2.45, 2.75) is 32.4 Å². The van der Waals surface area contributed by atoms with Crippen LogP contribution in [0, 0.1) is 0 Å². The minimum atomic E-state index is -0.0467. The summed E-state index contributed by atoms with van der Waals surface area (Å²) < 4.78 is 6.97. The van der Waals surface area contributed by atoms with E-state index in [9.17, 15) is 0 Å². The molecule has 2 aromatic rings. The molecule has 0 saturated heterocycles. The smallest absolute Gasteiger partial charge is 0.218 e. The number of hydrogen-bond donors (Lipinski definition) is 1. The van der Waals surface area contributed by atoms with Crippen molar-refractivity contribution in [3.8, 4) is 5.88 Å². The number of nitrogens with zero attached hydrogens (tertiary/aromatic N) is 4. The van der Waals surface area contributed by atoms with Gasteiger partial charge in [0, 0.05) is 11.8 Å². The van der Waals surface area contributed by atoms with Gasteiger partial charge in [-0.15, -0.1) is 5.10 Å². The fourth-order valence-corrected chi connectivity index (χ4v) is 1.92. The van der Waals surface area contributed by atoms with E-state index >= 15 is 0 Å². The maximum atomic E-state index is 6.02. The van der Waals surface area contributed by atoms with Crippen molar-refractivity contribution in [1.82, 2.24) is 20.0 Å². The molecule has 0 aliphatic heterocycles. The van der Waals surface area contributed by atoms with Gasteiger partial charge in [-0.3, -0.25) is 0 Å². The third kappa shape index (κ3) is 3.29. The summed E-state index contributed by atoms with van der Waals surface area (Å²) in [5, 5.41) is 8.21. The van der Waals surface area contributed by atoms with E-state index in [-0.39, 0.29) is 6.04 Å². The molecule has 0 fully saturated rings. The topological polar surface area (TPSA) is 78.9 Å². The van der Waals surface area contributed by atoms with Crippen molar-refractivity contribution in [3.63, 3.8) is 0 Å². The second kappa shape index (κ2) is 6.29. The fourth-order valence-electron chi connectivity index (χ4n) is 1.92. The molecule has 0 aliphatic rings. The summed E-state index contributed by atoms with van der Waals surface area (Å²) in [6.07, 6.45) is 5.53. The standard InChI is InChI=1S/C13H19N5O/c1-3-5-11(14)12-9-18(17-16-12)8-10-6-4-7-15-13(10)19-2/h4,6-7,9,11H,3,5,8,14H2,1-2H3. The van der Waals surface area contributed by atoms with Gasteiger partial charge in [0.2, 0.25) is 5.88 Å². The number of hydrogen-bond acceptors (Lipinski definition) is 5. The molecule has 0 aliphatic carbocycles. The number of methoxy groups -OCH3 is 1. The largest absolute Gasteiger partial charge is 0.481 e. The van der Waals surface area contributed by atoms with Crippen LogP contribution in [0.2, 0.25) is 0 Å². The molecule has 102 valence electrons. The number of pyridine rings is 1. The van der Waals surface area contributed by atoms with Crippen molar-refractivity contribution in [2.24, 2.45) is 5.73 Å². The highest BCUT2D eigenvalue weighted by Gasteiger charge is 2.11. The average Bonchev–Trinajstić information content (AvgIpc) is 2.88. The number of nitrogens with two attached hydrogens (primary N) is 1. The fraction of sp³-hybridized carbons (Fsp3) is 0.462. The van der Waals surface area contributed by atoms with Crippen LogP contribution in [0.1, 0.15) is 37.1 Å². The zero-order valence-electron chi connectivity index (χ0n) is 11.3. The highest BCUT2D eigenvalue weighted by Crippen LogP contribution is 2.16. The molecule has 6 nitrogen and oxygen atoms in total. The minimum absolute atomic E-state index is 0.0467. The van der Waals surface area contributed by atoms with Gasteiger partial charge in [0.1, 0.15) is 0 Å². The summed E-state index contributed by atoms with van der Waals surface area (Å²) in [6, 6.07) is 3.78. The van der Waals surface area contributed by atoms with Crippen LogP contribution in [0.5, 0.6) is 5.88 Å². The average molecular weight is 261 g/mol. The number of rotatable bonds is 6. The summed E-state index contributed by atoms with van der Waals surface area (Å²) in [5.74, 6) is 0.609. The Kier molecular flexibility index (Phi) is 4.46. The normalized spacial score (nSPS) is 12.4. The van der Waals surface area contributed by atoms with E-state index in [1.54, 1.807) is 18.0 Å². The van der Waals surface area contributed by atoms with Crippen LogP contribution in [0.4, 0.5) is 0 Å². The first-order valence-electron chi connectivity index (χ1n) is 6.38. The van der Waals surface area contributed by atoms with Crippen LogP contribution in [-0.2, 0) is 6.54 Å². The monoisotopic (exact) mass is 261 g/mol. The molecule has 2 N–H and O–H groups in total. The Hall–Kier alpha value is -1.95. The van der Waals surface area contributed by atoms with E-state index < -0.39 is 0 Å². The lowest BCUT2D eigenvalue weighted by Gasteiger charge is -2.06. The lowest BCUT2D eigenvalue weighted by Crippen LogP contribution is -2.10. The van der Waals surface area contributed by atoms with E-state index in [4.69, 9.17) is 10.5 Å². The van der Waals surface area contributed by atoms with Crippen molar-refractivity contribution >= 4 is 0 Å². The molecule has 0 amide bonds. The minimum Gasteiger partial charge on any atom is -0.481 e. The first kappa shape index (κ1) is 13.5. The van der Waals surface area contributed by atoms with Gasteiger partial charge in [0.15, 0.2) is 0 Å². The van der Waals surface area contributed by atoms with Gasteiger partial charge < -0.3 is 10.5 Å². The Morgan fingerprint density at radius 1 is 1.47 bits per heavy atom. The Labute approximate surface area is 112 Å². The molecular formula is C13H19N5O. The molecule has 0 spiro atoms. The molecule has 0 saturated carbocycles. The van der Waals surface area contributed by atoms with E-state index in [1.807, 2.05) is 18.3 Å². The van der Waals surface area contributed by atoms with Gasteiger partial charge in [-0.25, -0.2) is 9.67 Å². The molecule has 0 radical (unpaired) electrons. The van der Waals surface area contributed by atoms with E-state index in [2.05, 4.69) is 22.2 Å². The molecule has 2 heterocycles. The third-order valence-electron chi connectivity index (χ3n) is 2.91. The van der Waals surface area contributed by atoms with Gasteiger partial charge >= 0.3 is 0 Å². The SMILES string of the molecule is CCCC(N)c1cn(Cc2cccnc2OC)nn1. The van der Waals surface area contributed by atoms with Crippen molar-refractivity contribution in [2.75, 3.05) is 7.11 Å². The summed E-state index contributed by atoms with van der Waals surface area (Å²) in [7, 11) is 1.61. The lowest BCUT2D eigenvalue weighted by atomic mass is 10.1. The number of ether oxygens (including phenoxy) is 1. The van der Waals surface area contributed by atoms with Gasteiger partial charge in [0.05, 0.1) is 31.6 Å². The van der Waals surface area contributed by atoms with Crippen LogP contribution in [0.25, 0.3) is 0 Å². The predicted molar refractivity (Wildman–Crippen MR) is 71.7 cm³/mol. The molecule has 0 bridgehead atoms. The molecular weight excluding hydrogens is 242 g/mol. The van der Waals surface area contributed by atoms with Crippen LogP contribution < -0.4 is 10.5 Å². The van der Waals surface area contributed by atoms with Crippen molar-refractivity contribution in [3.05, 3.63) is 35.8 Å². The predicted octanol–water partition coefficient (Wildman–Crippen LogP) is 1.53. The zero-order chi connectivity index (χ0) is 13.7. The van der Waals surface area contributed by atoms with Crippen molar-refractivity contribution in [1.29, 1.82) is 0 Å². The second-order valence-electron chi connectivity index (χ2n) is 4.41. The maximum Gasteiger partial charge on any atom is 0.218 e. The van der Waals surface area contributed by atoms with Crippen LogP contribution in [-0.4, -0.2) is 27.1 Å². The summed E-state index contributed by atoms with van der Waals surface area (Å²) >= 11 is 0. The molecule has 2 aromatic heterocycles. The van der Waals surface area contributed by atoms with Crippen molar-refractivity contribution < 1.29 is 4.74 Å². The quantitative estimate of drug-likeness (QED) is 0.853. The molecule has 1 atom stereocenters. The van der Waals surface area contributed by atoms with Crippen LogP contribution >= 0.6 is 0 Å². The molecule has 19 heavy (non-hydrogen) atoms. The number of aromatic nitrogens is 4. The second-order valence-corrected chi connectivity index (χ2v) is 4.41. The van der Waals surface area contributed by atoms with Gasteiger partial charge in [-0.1, -0.05) is 24.6 Å². The Bertz CT molecular complexity index is 525. The Balaban J connectivity index is 2.11. The third-order valence-corrected chi connectivity index (χ3v) is 2.91. The first-order chi connectivity index (χ1) is 9.24. The molecule has 1 unspecified atom stereocenters. The van der Waals surface area contributed by atoms with E-state index in [0.717, 1.165) is 24.1 Å². The molecule has 0 aromatic carbocycles. The summed E-state index contributed by atoms with van der Waals surface area (Å²) in [4.78, 5) is 4.16. The molecule has 6 heteroatoms. The Morgan fingerprint density at radius 2 is 2.32 bits per heavy atom. The van der Waals surface area contributed by atoms with Crippen LogP contribution in [0.3, 0.4) is 0 Å². The highest BCUT2D eigenvalue weighted by molar-refractivity contribution is 5.25. The Morgan fingerprint density at radius 3 is 3.05 bits per heavy atom. The highest BCUT2D eigenvalue weighted by atomic mass is 16.5. The summed E-state index contributed by atoms with van der Waals surface area (Å²) in [5.41, 5.74) is 7.80. The van der Waals surface area contributed by atoms with Crippen LogP contribution in [0.15, 0.2) is 24.5 Å². The van der Waals surface area contributed by atoms with Gasteiger partial charge in [-0.05, 0) is 12.5 Å². The molecule has 2 rings (SSSR count). The zero-order valence-corrected chi connectivity index (χ0v) is 11.3. The van der Waals surface area contributed by atoms with Gasteiger partial charge in [-0.2, -0.15) is 0 Å². The van der Waals surface area contributed by atoms with E-state index in [0.29, 0.717) is 12.4 Å². The first-order valence-corrected chi connectivity index (χ1v) is 6.38. The summed E-state index contributed by atoms with van der Waals surface area (Å²) in [6.45, 7) is 2.67.